The lowest BCUT2D eigenvalue weighted by Crippen LogP contribution is -2.09. The van der Waals surface area contributed by atoms with Crippen LogP contribution in [-0.4, -0.2) is 18.4 Å². The Hall–Kier alpha value is -2.14. The van der Waals surface area contributed by atoms with Gasteiger partial charge in [-0.2, -0.15) is 0 Å². The molecule has 24 heavy (non-hydrogen) atoms. The quantitative estimate of drug-likeness (QED) is 0.489. The van der Waals surface area contributed by atoms with Gasteiger partial charge in [-0.15, -0.1) is 0 Å². The summed E-state index contributed by atoms with van der Waals surface area (Å²) in [7, 11) is 0. The second-order valence-corrected chi connectivity index (χ2v) is 6.06. The van der Waals surface area contributed by atoms with Gasteiger partial charge in [0.25, 0.3) is 0 Å². The number of hydrogen-bond donors (Lipinski definition) is 0. The van der Waals surface area contributed by atoms with E-state index in [0.717, 1.165) is 10.0 Å². The van der Waals surface area contributed by atoms with Crippen LogP contribution in [0.15, 0.2) is 53.0 Å². The molecule has 5 heteroatoms. The van der Waals surface area contributed by atoms with Crippen molar-refractivity contribution in [3.63, 3.8) is 0 Å². The molecule has 0 unspecified atom stereocenters. The van der Waals surface area contributed by atoms with Crippen molar-refractivity contribution in [2.75, 3.05) is 6.61 Å². The maximum atomic E-state index is 12.4. The molecule has 0 fully saturated rings. The Bertz CT molecular complexity index is 698. The Morgan fingerprint density at radius 1 is 1.04 bits per heavy atom. The van der Waals surface area contributed by atoms with E-state index < -0.39 is 0 Å². The molecular formula is C19H19BrO4. The van der Waals surface area contributed by atoms with Crippen LogP contribution in [0.3, 0.4) is 0 Å². The van der Waals surface area contributed by atoms with Crippen molar-refractivity contribution in [3.8, 4) is 5.75 Å². The van der Waals surface area contributed by atoms with Gasteiger partial charge < -0.3 is 9.47 Å². The molecule has 0 atom stereocenters. The van der Waals surface area contributed by atoms with Crippen molar-refractivity contribution in [1.29, 1.82) is 0 Å². The van der Waals surface area contributed by atoms with Crippen LogP contribution in [0.4, 0.5) is 0 Å². The third-order valence-electron chi connectivity index (χ3n) is 3.34. The maximum Gasteiger partial charge on any atom is 0.306 e. The SMILES string of the molecule is CCOC(=O)CCC(=O)c1cc(Br)ccc1OCc1ccccc1. The van der Waals surface area contributed by atoms with E-state index >= 15 is 0 Å². The lowest BCUT2D eigenvalue weighted by molar-refractivity contribution is -0.143. The summed E-state index contributed by atoms with van der Waals surface area (Å²) in [4.78, 5) is 23.9. The molecule has 0 saturated carbocycles. The molecule has 0 heterocycles. The average molecular weight is 391 g/mol. The number of rotatable bonds is 8. The Kier molecular flexibility index (Phi) is 7.00. The lowest BCUT2D eigenvalue weighted by Gasteiger charge is -2.11. The van der Waals surface area contributed by atoms with Gasteiger partial charge in [-0.3, -0.25) is 9.59 Å². The Balaban J connectivity index is 2.06. The van der Waals surface area contributed by atoms with Gasteiger partial charge in [0.15, 0.2) is 5.78 Å². The topological polar surface area (TPSA) is 52.6 Å². The fourth-order valence-electron chi connectivity index (χ4n) is 2.16. The van der Waals surface area contributed by atoms with Gasteiger partial charge in [-0.05, 0) is 30.7 Å². The van der Waals surface area contributed by atoms with Gasteiger partial charge in [0.2, 0.25) is 0 Å². The van der Waals surface area contributed by atoms with Gasteiger partial charge in [0, 0.05) is 10.9 Å². The van der Waals surface area contributed by atoms with Gasteiger partial charge >= 0.3 is 5.97 Å². The first-order valence-electron chi connectivity index (χ1n) is 7.75. The summed E-state index contributed by atoms with van der Waals surface area (Å²) in [6.07, 6.45) is 0.161. The number of benzene rings is 2. The van der Waals surface area contributed by atoms with E-state index in [4.69, 9.17) is 9.47 Å². The molecule has 2 aromatic carbocycles. The molecule has 0 bridgehead atoms. The van der Waals surface area contributed by atoms with E-state index in [1.165, 1.54) is 0 Å². The van der Waals surface area contributed by atoms with Crippen molar-refractivity contribution >= 4 is 27.7 Å². The molecular weight excluding hydrogens is 372 g/mol. The molecule has 0 aliphatic rings. The molecule has 0 aromatic heterocycles. The molecule has 0 aliphatic carbocycles. The Morgan fingerprint density at radius 2 is 1.79 bits per heavy atom. The molecule has 4 nitrogen and oxygen atoms in total. The fraction of sp³-hybridized carbons (Fsp3) is 0.263. The summed E-state index contributed by atoms with van der Waals surface area (Å²) in [5.74, 6) is -0.00377. The summed E-state index contributed by atoms with van der Waals surface area (Å²) >= 11 is 3.37. The molecule has 0 radical (unpaired) electrons. The van der Waals surface area contributed by atoms with Crippen molar-refractivity contribution in [1.82, 2.24) is 0 Å². The first-order chi connectivity index (χ1) is 11.6. The molecule has 2 aromatic rings. The van der Waals surface area contributed by atoms with Gasteiger partial charge in [-0.1, -0.05) is 46.3 Å². The lowest BCUT2D eigenvalue weighted by atomic mass is 10.1. The van der Waals surface area contributed by atoms with Crippen LogP contribution in [-0.2, 0) is 16.1 Å². The van der Waals surface area contributed by atoms with E-state index in [0.29, 0.717) is 24.5 Å². The third kappa shape index (κ3) is 5.49. The van der Waals surface area contributed by atoms with Crippen molar-refractivity contribution in [2.24, 2.45) is 0 Å². The normalized spacial score (nSPS) is 10.2. The van der Waals surface area contributed by atoms with E-state index in [9.17, 15) is 9.59 Å². The third-order valence-corrected chi connectivity index (χ3v) is 3.83. The van der Waals surface area contributed by atoms with Crippen LogP contribution in [0.2, 0.25) is 0 Å². The monoisotopic (exact) mass is 390 g/mol. The van der Waals surface area contributed by atoms with E-state index in [-0.39, 0.29) is 24.6 Å². The second kappa shape index (κ2) is 9.23. The van der Waals surface area contributed by atoms with Crippen LogP contribution in [0.25, 0.3) is 0 Å². The highest BCUT2D eigenvalue weighted by atomic mass is 79.9. The van der Waals surface area contributed by atoms with Crippen LogP contribution in [0, 0.1) is 0 Å². The van der Waals surface area contributed by atoms with Crippen molar-refractivity contribution in [2.45, 2.75) is 26.4 Å². The van der Waals surface area contributed by atoms with Gasteiger partial charge in [0.1, 0.15) is 12.4 Å². The molecule has 0 spiro atoms. The van der Waals surface area contributed by atoms with E-state index in [1.807, 2.05) is 36.4 Å². The number of carbonyl (C=O) groups is 2. The molecule has 0 aliphatic heterocycles. The van der Waals surface area contributed by atoms with Crippen LogP contribution < -0.4 is 4.74 Å². The zero-order valence-corrected chi connectivity index (χ0v) is 15.0. The first kappa shape index (κ1) is 18.2. The fourth-order valence-corrected chi connectivity index (χ4v) is 2.53. The summed E-state index contributed by atoms with van der Waals surface area (Å²) < 4.78 is 11.4. The number of halogens is 1. The Labute approximate surface area is 149 Å². The smallest absolute Gasteiger partial charge is 0.306 e. The van der Waals surface area contributed by atoms with Crippen LogP contribution >= 0.6 is 15.9 Å². The highest BCUT2D eigenvalue weighted by Gasteiger charge is 2.15. The molecule has 0 amide bonds. The predicted octanol–water partition coefficient (Wildman–Crippen LogP) is 4.55. The number of hydrogen-bond acceptors (Lipinski definition) is 4. The predicted molar refractivity (Wildman–Crippen MR) is 95.1 cm³/mol. The van der Waals surface area contributed by atoms with E-state index in [1.54, 1.807) is 19.1 Å². The van der Waals surface area contributed by atoms with Crippen LogP contribution in [0.1, 0.15) is 35.7 Å². The number of ether oxygens (including phenoxy) is 2. The van der Waals surface area contributed by atoms with E-state index in [2.05, 4.69) is 15.9 Å². The van der Waals surface area contributed by atoms with Crippen LogP contribution in [0.5, 0.6) is 5.75 Å². The number of carbonyl (C=O) groups excluding carboxylic acids is 2. The molecule has 0 saturated heterocycles. The average Bonchev–Trinajstić information content (AvgIpc) is 2.59. The zero-order valence-electron chi connectivity index (χ0n) is 13.5. The summed E-state index contributed by atoms with van der Waals surface area (Å²) in [6.45, 7) is 2.43. The summed E-state index contributed by atoms with van der Waals surface area (Å²) in [5.41, 5.74) is 1.48. The molecule has 2 rings (SSSR count). The minimum atomic E-state index is -0.368. The maximum absolute atomic E-state index is 12.4. The second-order valence-electron chi connectivity index (χ2n) is 5.14. The largest absolute Gasteiger partial charge is 0.488 e. The molecule has 0 N–H and O–H groups in total. The number of ketones is 1. The first-order valence-corrected chi connectivity index (χ1v) is 8.54. The van der Waals surface area contributed by atoms with Crippen molar-refractivity contribution < 1.29 is 19.1 Å². The standard InChI is InChI=1S/C19H19BrO4/c1-2-23-19(22)11-9-17(21)16-12-15(20)8-10-18(16)24-13-14-6-4-3-5-7-14/h3-8,10,12H,2,9,11,13H2,1H3. The van der Waals surface area contributed by atoms with Crippen molar-refractivity contribution in [3.05, 3.63) is 64.1 Å². The summed E-state index contributed by atoms with van der Waals surface area (Å²) in [6, 6.07) is 15.0. The van der Waals surface area contributed by atoms with Gasteiger partial charge in [0.05, 0.1) is 18.6 Å². The summed E-state index contributed by atoms with van der Waals surface area (Å²) in [5, 5.41) is 0. The molecule has 126 valence electrons. The minimum absolute atomic E-state index is 0.0668. The highest BCUT2D eigenvalue weighted by molar-refractivity contribution is 9.10. The minimum Gasteiger partial charge on any atom is -0.488 e. The zero-order chi connectivity index (χ0) is 17.4. The number of esters is 1. The highest BCUT2D eigenvalue weighted by Crippen LogP contribution is 2.26. The Morgan fingerprint density at radius 3 is 2.50 bits per heavy atom. The number of Topliss-reactive ketones (excluding diaryl/α,β-unsaturated/α-hetero) is 1. The van der Waals surface area contributed by atoms with Gasteiger partial charge in [-0.25, -0.2) is 0 Å².